The lowest BCUT2D eigenvalue weighted by atomic mass is 9.76. The van der Waals surface area contributed by atoms with Crippen LogP contribution >= 0.6 is 0 Å². The molecule has 1 fully saturated rings. The van der Waals surface area contributed by atoms with E-state index < -0.39 is 0 Å². The van der Waals surface area contributed by atoms with E-state index in [1.807, 2.05) is 6.07 Å². The Morgan fingerprint density at radius 3 is 2.29 bits per heavy atom. The van der Waals surface area contributed by atoms with E-state index in [0.717, 1.165) is 30.5 Å². The molecule has 0 bridgehead atoms. The van der Waals surface area contributed by atoms with E-state index in [0.29, 0.717) is 11.3 Å². The molecule has 0 unspecified atom stereocenters. The molecule has 0 spiro atoms. The molecular weight excluding hydrogens is 260 g/mol. The minimum absolute atomic E-state index is 0.342. The maximum atomic E-state index is 4.67. The van der Waals surface area contributed by atoms with Crippen molar-refractivity contribution < 1.29 is 0 Å². The summed E-state index contributed by atoms with van der Waals surface area (Å²) >= 11 is 0. The fraction of sp³-hybridized carbons (Fsp3) is 0.765. The first-order valence-electron chi connectivity index (χ1n) is 8.39. The largest absolute Gasteiger partial charge is 0.370 e. The molecule has 4 heteroatoms. The number of anilines is 2. The van der Waals surface area contributed by atoms with Crippen LogP contribution in [-0.2, 0) is 0 Å². The zero-order valence-corrected chi connectivity index (χ0v) is 14.0. The van der Waals surface area contributed by atoms with E-state index in [2.05, 4.69) is 48.3 Å². The number of nitrogens with one attached hydrogen (secondary N) is 2. The van der Waals surface area contributed by atoms with Gasteiger partial charge in [-0.25, -0.2) is 9.97 Å². The van der Waals surface area contributed by atoms with Crippen molar-refractivity contribution in [2.24, 2.45) is 5.41 Å². The van der Waals surface area contributed by atoms with Gasteiger partial charge in [-0.15, -0.1) is 0 Å². The first-order valence-corrected chi connectivity index (χ1v) is 8.39. The Morgan fingerprint density at radius 1 is 1.10 bits per heavy atom. The SMILES string of the molecule is CCNc1cc(NCC2(C)CCCCC2)nc(C(C)C)n1. The van der Waals surface area contributed by atoms with Crippen LogP contribution in [0.25, 0.3) is 0 Å². The molecule has 0 saturated heterocycles. The highest BCUT2D eigenvalue weighted by atomic mass is 15.1. The fourth-order valence-electron chi connectivity index (χ4n) is 2.97. The second-order valence-electron chi connectivity index (χ2n) is 6.91. The van der Waals surface area contributed by atoms with Gasteiger partial charge in [0, 0.05) is 25.1 Å². The minimum Gasteiger partial charge on any atom is -0.370 e. The third-order valence-electron chi connectivity index (χ3n) is 4.37. The summed E-state index contributed by atoms with van der Waals surface area (Å²) in [6, 6.07) is 2.03. The second-order valence-corrected chi connectivity index (χ2v) is 6.91. The van der Waals surface area contributed by atoms with Crippen molar-refractivity contribution in [1.82, 2.24) is 9.97 Å². The van der Waals surface area contributed by atoms with Crippen LogP contribution < -0.4 is 10.6 Å². The summed E-state index contributed by atoms with van der Waals surface area (Å²) in [6.07, 6.45) is 6.76. The van der Waals surface area contributed by atoms with Crippen LogP contribution in [-0.4, -0.2) is 23.1 Å². The molecular formula is C17H30N4. The van der Waals surface area contributed by atoms with E-state index in [1.165, 1.54) is 32.1 Å². The van der Waals surface area contributed by atoms with Crippen molar-refractivity contribution in [2.75, 3.05) is 23.7 Å². The summed E-state index contributed by atoms with van der Waals surface area (Å²) < 4.78 is 0. The highest BCUT2D eigenvalue weighted by molar-refractivity contribution is 5.48. The molecule has 2 N–H and O–H groups in total. The van der Waals surface area contributed by atoms with Gasteiger partial charge in [0.1, 0.15) is 17.5 Å². The smallest absolute Gasteiger partial charge is 0.135 e. The van der Waals surface area contributed by atoms with Crippen LogP contribution in [0.4, 0.5) is 11.6 Å². The van der Waals surface area contributed by atoms with Crippen LogP contribution in [0.2, 0.25) is 0 Å². The van der Waals surface area contributed by atoms with Crippen molar-refractivity contribution in [3.05, 3.63) is 11.9 Å². The van der Waals surface area contributed by atoms with E-state index in [-0.39, 0.29) is 0 Å². The number of hydrogen-bond acceptors (Lipinski definition) is 4. The van der Waals surface area contributed by atoms with Gasteiger partial charge < -0.3 is 10.6 Å². The van der Waals surface area contributed by atoms with Crippen molar-refractivity contribution in [2.45, 2.75) is 65.7 Å². The lowest BCUT2D eigenvalue weighted by molar-refractivity contribution is 0.233. The second kappa shape index (κ2) is 7.10. The van der Waals surface area contributed by atoms with Gasteiger partial charge in [-0.1, -0.05) is 40.0 Å². The summed E-state index contributed by atoms with van der Waals surface area (Å²) in [5.74, 6) is 3.13. The first kappa shape index (κ1) is 16.1. The van der Waals surface area contributed by atoms with Crippen molar-refractivity contribution >= 4 is 11.6 Å². The maximum Gasteiger partial charge on any atom is 0.135 e. The van der Waals surface area contributed by atoms with Crippen LogP contribution in [0.5, 0.6) is 0 Å². The first-order chi connectivity index (χ1) is 10.0. The van der Waals surface area contributed by atoms with Gasteiger partial charge in [0.25, 0.3) is 0 Å². The Kier molecular flexibility index (Phi) is 5.43. The van der Waals surface area contributed by atoms with Crippen LogP contribution in [0.1, 0.15) is 71.5 Å². The minimum atomic E-state index is 0.342. The summed E-state index contributed by atoms with van der Waals surface area (Å²) in [5.41, 5.74) is 0.416. The molecule has 1 aromatic heterocycles. The van der Waals surface area contributed by atoms with E-state index in [1.54, 1.807) is 0 Å². The summed E-state index contributed by atoms with van der Waals surface area (Å²) in [4.78, 5) is 9.24. The number of hydrogen-bond donors (Lipinski definition) is 2. The third-order valence-corrected chi connectivity index (χ3v) is 4.37. The normalized spacial score (nSPS) is 17.8. The number of rotatable bonds is 6. The van der Waals surface area contributed by atoms with Gasteiger partial charge in [0.05, 0.1) is 0 Å². The maximum absolute atomic E-state index is 4.67. The molecule has 0 radical (unpaired) electrons. The third kappa shape index (κ3) is 4.58. The predicted octanol–water partition coefficient (Wildman–Crippen LogP) is 4.41. The molecule has 1 heterocycles. The summed E-state index contributed by atoms with van der Waals surface area (Å²) in [5, 5.41) is 6.86. The van der Waals surface area contributed by atoms with Gasteiger partial charge in [-0.2, -0.15) is 0 Å². The Hall–Kier alpha value is -1.32. The predicted molar refractivity (Wildman–Crippen MR) is 90.0 cm³/mol. The molecule has 0 amide bonds. The molecule has 4 nitrogen and oxygen atoms in total. The van der Waals surface area contributed by atoms with Gasteiger partial charge in [0.2, 0.25) is 0 Å². The highest BCUT2D eigenvalue weighted by Gasteiger charge is 2.26. The lowest BCUT2D eigenvalue weighted by Crippen LogP contribution is -2.29. The van der Waals surface area contributed by atoms with Crippen LogP contribution in [0.15, 0.2) is 6.07 Å². The Morgan fingerprint density at radius 2 is 1.71 bits per heavy atom. The van der Waals surface area contributed by atoms with Crippen LogP contribution in [0, 0.1) is 5.41 Å². The molecule has 0 aliphatic heterocycles. The summed E-state index contributed by atoms with van der Waals surface area (Å²) in [6.45, 7) is 10.6. The Balaban J connectivity index is 2.07. The van der Waals surface area contributed by atoms with Crippen molar-refractivity contribution in [3.63, 3.8) is 0 Å². The molecule has 1 saturated carbocycles. The fourth-order valence-corrected chi connectivity index (χ4v) is 2.97. The average Bonchev–Trinajstić information content (AvgIpc) is 2.46. The lowest BCUT2D eigenvalue weighted by Gasteiger charge is -2.33. The zero-order valence-electron chi connectivity index (χ0n) is 14.0. The quantitative estimate of drug-likeness (QED) is 0.814. The molecule has 1 aromatic rings. The van der Waals surface area contributed by atoms with Gasteiger partial charge >= 0.3 is 0 Å². The molecule has 1 aliphatic carbocycles. The van der Waals surface area contributed by atoms with Crippen LogP contribution in [0.3, 0.4) is 0 Å². The summed E-state index contributed by atoms with van der Waals surface area (Å²) in [7, 11) is 0. The van der Waals surface area contributed by atoms with Gasteiger partial charge in [0.15, 0.2) is 0 Å². The van der Waals surface area contributed by atoms with Crippen molar-refractivity contribution in [1.29, 1.82) is 0 Å². The van der Waals surface area contributed by atoms with E-state index in [4.69, 9.17) is 0 Å². The van der Waals surface area contributed by atoms with E-state index in [9.17, 15) is 0 Å². The average molecular weight is 290 g/mol. The van der Waals surface area contributed by atoms with Gasteiger partial charge in [-0.05, 0) is 25.2 Å². The van der Waals surface area contributed by atoms with Crippen molar-refractivity contribution in [3.8, 4) is 0 Å². The molecule has 118 valence electrons. The molecule has 1 aliphatic rings. The van der Waals surface area contributed by atoms with Gasteiger partial charge in [-0.3, -0.25) is 0 Å². The standard InChI is InChI=1S/C17H30N4/c1-5-18-14-11-15(21-16(20-14)13(2)3)19-12-17(4)9-7-6-8-10-17/h11,13H,5-10,12H2,1-4H3,(H2,18,19,20,21). The molecule has 0 aromatic carbocycles. The van der Waals surface area contributed by atoms with E-state index >= 15 is 0 Å². The number of aromatic nitrogens is 2. The Labute approximate surface area is 129 Å². The topological polar surface area (TPSA) is 49.8 Å². The monoisotopic (exact) mass is 290 g/mol. The Bertz CT molecular complexity index is 450. The molecule has 21 heavy (non-hydrogen) atoms. The highest BCUT2D eigenvalue weighted by Crippen LogP contribution is 2.35. The molecule has 2 rings (SSSR count). The zero-order chi connectivity index (χ0) is 15.3. The molecule has 0 atom stereocenters. The number of nitrogens with zero attached hydrogens (tertiary/aromatic N) is 2.